The minimum Gasteiger partial charge on any atom is -0.361 e. The van der Waals surface area contributed by atoms with Gasteiger partial charge in [-0.05, 0) is 31.5 Å². The molecule has 0 unspecified atom stereocenters. The Hall–Kier alpha value is -3.84. The molecule has 0 atom stereocenters. The van der Waals surface area contributed by atoms with Gasteiger partial charge in [-0.3, -0.25) is 10.2 Å². The molecule has 4 rings (SSSR count). The van der Waals surface area contributed by atoms with Gasteiger partial charge < -0.3 is 5.32 Å². The molecule has 0 fully saturated rings. The summed E-state index contributed by atoms with van der Waals surface area (Å²) in [7, 11) is 0. The number of dihydropyridines is 1. The monoisotopic (exact) mass is 341 g/mol. The summed E-state index contributed by atoms with van der Waals surface area (Å²) in [5.74, 6) is -0.386. The molecule has 3 heterocycles. The molecule has 0 aliphatic carbocycles. The van der Waals surface area contributed by atoms with Gasteiger partial charge in [0.2, 0.25) is 0 Å². The van der Waals surface area contributed by atoms with E-state index in [2.05, 4.69) is 37.8 Å². The molecular weight excluding hydrogens is 326 g/mol. The lowest BCUT2D eigenvalue weighted by atomic mass is 9.81. The van der Waals surface area contributed by atoms with Crippen molar-refractivity contribution in [3.8, 4) is 23.4 Å². The first-order chi connectivity index (χ1) is 12.6. The van der Waals surface area contributed by atoms with Crippen LogP contribution in [0.15, 0.2) is 53.1 Å². The van der Waals surface area contributed by atoms with Crippen LogP contribution in [0, 0.1) is 22.7 Å². The van der Waals surface area contributed by atoms with Crippen LogP contribution in [0.3, 0.4) is 0 Å². The Morgan fingerprint density at radius 1 is 1.08 bits per heavy atom. The van der Waals surface area contributed by atoms with Crippen molar-refractivity contribution in [2.45, 2.75) is 19.8 Å². The summed E-state index contributed by atoms with van der Waals surface area (Å²) in [5, 5.41) is 37.5. The summed E-state index contributed by atoms with van der Waals surface area (Å²) in [6, 6.07) is 10.4. The molecule has 26 heavy (non-hydrogen) atoms. The fraction of sp³-hybridized carbons (Fsp3) is 0.158. The first kappa shape index (κ1) is 15.7. The number of nitrogens with zero attached hydrogens (tertiary/aromatic N) is 4. The number of rotatable bonds is 2. The van der Waals surface area contributed by atoms with E-state index in [0.717, 1.165) is 39.1 Å². The number of aromatic amines is 2. The molecule has 2 aromatic heterocycles. The molecule has 0 spiro atoms. The van der Waals surface area contributed by atoms with Crippen LogP contribution < -0.4 is 5.32 Å². The maximum Gasteiger partial charge on any atom is 0.103 e. The number of nitriles is 2. The van der Waals surface area contributed by atoms with Gasteiger partial charge in [0.25, 0.3) is 0 Å². The van der Waals surface area contributed by atoms with Crippen molar-refractivity contribution in [3.63, 3.8) is 0 Å². The van der Waals surface area contributed by atoms with Gasteiger partial charge in [-0.15, -0.1) is 0 Å². The number of H-pyrrole nitrogens is 2. The van der Waals surface area contributed by atoms with E-state index < -0.39 is 0 Å². The third kappa shape index (κ3) is 2.27. The molecule has 1 aliphatic heterocycles. The van der Waals surface area contributed by atoms with Crippen molar-refractivity contribution in [2.24, 2.45) is 0 Å². The molecule has 0 radical (unpaired) electrons. The van der Waals surface area contributed by atoms with Crippen molar-refractivity contribution in [1.82, 2.24) is 25.7 Å². The third-order valence-electron chi connectivity index (χ3n) is 4.69. The van der Waals surface area contributed by atoms with E-state index in [4.69, 9.17) is 0 Å². The Morgan fingerprint density at radius 2 is 1.81 bits per heavy atom. The normalized spacial score (nSPS) is 15.1. The van der Waals surface area contributed by atoms with Crippen LogP contribution in [0.1, 0.15) is 25.3 Å². The number of hydrogen-bond acceptors (Lipinski definition) is 5. The largest absolute Gasteiger partial charge is 0.361 e. The van der Waals surface area contributed by atoms with E-state index in [-0.39, 0.29) is 5.92 Å². The van der Waals surface area contributed by atoms with Crippen molar-refractivity contribution in [1.29, 1.82) is 10.5 Å². The minimum absolute atomic E-state index is 0.386. The SMILES string of the molecule is CC1=C(C#N)C(c2ccc3[nH]nc(-c4cn[nH]c4)c3c2)C(C#N)=C(C)N1. The Balaban J connectivity index is 1.93. The molecule has 3 aromatic rings. The lowest BCUT2D eigenvalue weighted by molar-refractivity contribution is 0.815. The van der Waals surface area contributed by atoms with Crippen LogP contribution >= 0.6 is 0 Å². The number of nitrogens with one attached hydrogen (secondary N) is 3. The van der Waals surface area contributed by atoms with Gasteiger partial charge in [-0.25, -0.2) is 0 Å². The average molecular weight is 341 g/mol. The zero-order valence-corrected chi connectivity index (χ0v) is 14.3. The van der Waals surface area contributed by atoms with E-state index in [1.165, 1.54) is 0 Å². The predicted molar refractivity (Wildman–Crippen MR) is 96.2 cm³/mol. The zero-order valence-electron chi connectivity index (χ0n) is 14.3. The van der Waals surface area contributed by atoms with E-state index in [1.807, 2.05) is 32.0 Å². The molecule has 126 valence electrons. The Labute approximate surface area is 149 Å². The van der Waals surface area contributed by atoms with Crippen LogP contribution in [-0.4, -0.2) is 20.4 Å². The highest BCUT2D eigenvalue weighted by atomic mass is 15.1. The predicted octanol–water partition coefficient (Wildman–Crippen LogP) is 3.23. The maximum atomic E-state index is 9.66. The topological polar surface area (TPSA) is 117 Å². The van der Waals surface area contributed by atoms with Gasteiger partial charge in [0.15, 0.2) is 0 Å². The molecule has 0 amide bonds. The van der Waals surface area contributed by atoms with Crippen LogP contribution in [0.25, 0.3) is 22.2 Å². The molecule has 7 heteroatoms. The molecular formula is C19H15N7. The highest BCUT2D eigenvalue weighted by Gasteiger charge is 2.29. The minimum atomic E-state index is -0.386. The van der Waals surface area contributed by atoms with Crippen molar-refractivity contribution < 1.29 is 0 Å². The van der Waals surface area contributed by atoms with Gasteiger partial charge in [0.1, 0.15) is 5.69 Å². The summed E-state index contributed by atoms with van der Waals surface area (Å²) in [5.41, 5.74) is 6.09. The lowest BCUT2D eigenvalue weighted by Crippen LogP contribution is -2.23. The number of allylic oxidation sites excluding steroid dienone is 4. The van der Waals surface area contributed by atoms with Crippen molar-refractivity contribution >= 4 is 10.9 Å². The van der Waals surface area contributed by atoms with Gasteiger partial charge in [-0.2, -0.15) is 20.7 Å². The first-order valence-corrected chi connectivity index (χ1v) is 8.10. The molecule has 1 aromatic carbocycles. The van der Waals surface area contributed by atoms with Crippen LogP contribution in [0.4, 0.5) is 0 Å². The van der Waals surface area contributed by atoms with E-state index in [1.54, 1.807) is 12.4 Å². The fourth-order valence-corrected chi connectivity index (χ4v) is 3.44. The number of hydrogen-bond donors (Lipinski definition) is 3. The number of fused-ring (bicyclic) bond motifs is 1. The average Bonchev–Trinajstić information content (AvgIpc) is 3.29. The number of benzene rings is 1. The van der Waals surface area contributed by atoms with Crippen LogP contribution in [-0.2, 0) is 0 Å². The molecule has 7 nitrogen and oxygen atoms in total. The molecule has 1 aliphatic rings. The van der Waals surface area contributed by atoms with Crippen molar-refractivity contribution in [2.75, 3.05) is 0 Å². The van der Waals surface area contributed by atoms with E-state index >= 15 is 0 Å². The lowest BCUT2D eigenvalue weighted by Gasteiger charge is -2.26. The number of aromatic nitrogens is 4. The summed E-state index contributed by atoms with van der Waals surface area (Å²) >= 11 is 0. The van der Waals surface area contributed by atoms with E-state index in [9.17, 15) is 10.5 Å². The second-order valence-electron chi connectivity index (χ2n) is 6.22. The fourth-order valence-electron chi connectivity index (χ4n) is 3.44. The summed E-state index contributed by atoms with van der Waals surface area (Å²) in [6.07, 6.45) is 3.49. The smallest absolute Gasteiger partial charge is 0.103 e. The Bertz CT molecular complexity index is 1110. The van der Waals surface area contributed by atoms with Gasteiger partial charge in [0, 0.05) is 28.5 Å². The highest BCUT2D eigenvalue weighted by molar-refractivity contribution is 5.93. The first-order valence-electron chi connectivity index (χ1n) is 8.10. The van der Waals surface area contributed by atoms with Crippen LogP contribution in [0.2, 0.25) is 0 Å². The van der Waals surface area contributed by atoms with Crippen molar-refractivity contribution in [3.05, 3.63) is 58.7 Å². The van der Waals surface area contributed by atoms with Crippen LogP contribution in [0.5, 0.6) is 0 Å². The Kier molecular flexibility index (Phi) is 3.56. The summed E-state index contributed by atoms with van der Waals surface area (Å²) in [4.78, 5) is 0. The van der Waals surface area contributed by atoms with Gasteiger partial charge in [0.05, 0.1) is 40.9 Å². The summed E-state index contributed by atoms with van der Waals surface area (Å²) < 4.78 is 0. The Morgan fingerprint density at radius 3 is 2.42 bits per heavy atom. The molecule has 0 saturated heterocycles. The molecule has 0 bridgehead atoms. The molecule has 0 saturated carbocycles. The zero-order chi connectivity index (χ0) is 18.3. The molecule has 3 N–H and O–H groups in total. The van der Waals surface area contributed by atoms with Gasteiger partial charge >= 0.3 is 0 Å². The highest BCUT2D eigenvalue weighted by Crippen LogP contribution is 2.39. The summed E-state index contributed by atoms with van der Waals surface area (Å²) in [6.45, 7) is 3.72. The maximum absolute atomic E-state index is 9.66. The quantitative estimate of drug-likeness (QED) is 0.661. The van der Waals surface area contributed by atoms with Gasteiger partial charge in [-0.1, -0.05) is 6.07 Å². The third-order valence-corrected chi connectivity index (χ3v) is 4.69. The van der Waals surface area contributed by atoms with E-state index in [0.29, 0.717) is 11.1 Å². The standard InChI is InChI=1S/C19H15N7/c1-10-15(6-20)18(16(7-21)11(2)24-10)12-3-4-17-14(5-12)19(26-25-17)13-8-22-23-9-13/h3-5,8-9,18,24H,1-2H3,(H,22,23)(H,25,26). The second-order valence-corrected chi connectivity index (χ2v) is 6.22. The second kappa shape index (κ2) is 5.91.